The SMILES string of the molecule is CCCOc1ccc(Cl)cc1C(=O)N1CCC(C(N)=O)C1. The summed E-state index contributed by atoms with van der Waals surface area (Å²) >= 11 is 5.98. The zero-order valence-electron chi connectivity index (χ0n) is 12.0. The monoisotopic (exact) mass is 310 g/mol. The molecule has 0 bridgehead atoms. The Kier molecular flexibility index (Phi) is 5.07. The third-order valence-electron chi connectivity index (χ3n) is 3.51. The molecule has 1 aromatic carbocycles. The molecule has 1 heterocycles. The molecule has 2 amide bonds. The smallest absolute Gasteiger partial charge is 0.257 e. The second-order valence-corrected chi connectivity index (χ2v) is 5.56. The maximum Gasteiger partial charge on any atom is 0.257 e. The number of hydrogen-bond donors (Lipinski definition) is 1. The van der Waals surface area contributed by atoms with E-state index in [4.69, 9.17) is 22.1 Å². The van der Waals surface area contributed by atoms with Gasteiger partial charge < -0.3 is 15.4 Å². The van der Waals surface area contributed by atoms with Gasteiger partial charge in [-0.3, -0.25) is 9.59 Å². The third kappa shape index (κ3) is 3.67. The summed E-state index contributed by atoms with van der Waals surface area (Å²) in [7, 11) is 0. The van der Waals surface area contributed by atoms with Crippen LogP contribution < -0.4 is 10.5 Å². The first kappa shape index (κ1) is 15.6. The van der Waals surface area contributed by atoms with Crippen molar-refractivity contribution in [2.45, 2.75) is 19.8 Å². The van der Waals surface area contributed by atoms with Crippen molar-refractivity contribution < 1.29 is 14.3 Å². The van der Waals surface area contributed by atoms with E-state index in [1.165, 1.54) is 0 Å². The Morgan fingerprint density at radius 1 is 1.48 bits per heavy atom. The second-order valence-electron chi connectivity index (χ2n) is 5.13. The molecule has 1 saturated heterocycles. The summed E-state index contributed by atoms with van der Waals surface area (Å²) in [6.45, 7) is 3.40. The number of nitrogens with two attached hydrogens (primary N) is 1. The van der Waals surface area contributed by atoms with Gasteiger partial charge in [-0.05, 0) is 31.0 Å². The molecule has 2 N–H and O–H groups in total. The molecule has 21 heavy (non-hydrogen) atoms. The maximum atomic E-state index is 12.6. The van der Waals surface area contributed by atoms with Crippen LogP contribution in [0.4, 0.5) is 0 Å². The molecule has 0 aromatic heterocycles. The minimum atomic E-state index is -0.362. The molecule has 0 spiro atoms. The normalized spacial score (nSPS) is 17.8. The van der Waals surface area contributed by atoms with E-state index in [0.717, 1.165) is 6.42 Å². The lowest BCUT2D eigenvalue weighted by molar-refractivity contribution is -0.121. The predicted molar refractivity (Wildman–Crippen MR) is 80.4 cm³/mol. The van der Waals surface area contributed by atoms with Gasteiger partial charge in [0.2, 0.25) is 5.91 Å². The summed E-state index contributed by atoms with van der Waals surface area (Å²) in [5.74, 6) is -0.284. The van der Waals surface area contributed by atoms with Crippen LogP contribution in [-0.2, 0) is 4.79 Å². The number of carbonyl (C=O) groups excluding carboxylic acids is 2. The molecule has 0 radical (unpaired) electrons. The van der Waals surface area contributed by atoms with E-state index in [-0.39, 0.29) is 17.7 Å². The standard InChI is InChI=1S/C15H19ClN2O3/c1-2-7-21-13-4-3-11(16)8-12(13)15(20)18-6-5-10(9-18)14(17)19/h3-4,8,10H,2,5-7,9H2,1H3,(H2,17,19). The highest BCUT2D eigenvalue weighted by Gasteiger charge is 2.31. The maximum absolute atomic E-state index is 12.6. The van der Waals surface area contributed by atoms with Crippen molar-refractivity contribution in [3.63, 3.8) is 0 Å². The molecule has 0 aliphatic carbocycles. The molecule has 5 nitrogen and oxygen atoms in total. The predicted octanol–water partition coefficient (Wildman–Crippen LogP) is 2.08. The van der Waals surface area contributed by atoms with Gasteiger partial charge in [0, 0.05) is 18.1 Å². The summed E-state index contributed by atoms with van der Waals surface area (Å²) in [4.78, 5) is 25.4. The van der Waals surface area contributed by atoms with E-state index in [9.17, 15) is 9.59 Å². The lowest BCUT2D eigenvalue weighted by Gasteiger charge is -2.18. The molecule has 6 heteroatoms. The Bertz CT molecular complexity index is 548. The fourth-order valence-corrected chi connectivity index (χ4v) is 2.53. The van der Waals surface area contributed by atoms with Crippen molar-refractivity contribution in [1.82, 2.24) is 4.90 Å². The summed E-state index contributed by atoms with van der Waals surface area (Å²) in [6, 6.07) is 5.00. The largest absolute Gasteiger partial charge is 0.493 e. The number of likely N-dealkylation sites (tertiary alicyclic amines) is 1. The third-order valence-corrected chi connectivity index (χ3v) is 3.75. The van der Waals surface area contributed by atoms with Crippen LogP contribution in [0.15, 0.2) is 18.2 Å². The fourth-order valence-electron chi connectivity index (χ4n) is 2.35. The molecule has 0 saturated carbocycles. The van der Waals surface area contributed by atoms with Gasteiger partial charge in [0.1, 0.15) is 5.75 Å². The average molecular weight is 311 g/mol. The minimum Gasteiger partial charge on any atom is -0.493 e. The summed E-state index contributed by atoms with van der Waals surface area (Å²) in [6.07, 6.45) is 1.45. The number of halogens is 1. The molecular weight excluding hydrogens is 292 g/mol. The molecule has 1 aromatic rings. The first-order valence-corrected chi connectivity index (χ1v) is 7.41. The van der Waals surface area contributed by atoms with Crippen molar-refractivity contribution in [3.8, 4) is 5.75 Å². The number of hydrogen-bond acceptors (Lipinski definition) is 3. The van der Waals surface area contributed by atoms with Crippen LogP contribution >= 0.6 is 11.6 Å². The Morgan fingerprint density at radius 2 is 2.24 bits per heavy atom. The molecule has 1 unspecified atom stereocenters. The van der Waals surface area contributed by atoms with Crippen molar-refractivity contribution in [2.75, 3.05) is 19.7 Å². The first-order chi connectivity index (χ1) is 10.0. The highest BCUT2D eigenvalue weighted by Crippen LogP contribution is 2.27. The van der Waals surface area contributed by atoms with E-state index in [0.29, 0.717) is 42.5 Å². The van der Waals surface area contributed by atoms with Gasteiger partial charge in [-0.15, -0.1) is 0 Å². The average Bonchev–Trinajstić information content (AvgIpc) is 2.95. The number of amides is 2. The minimum absolute atomic E-state index is 0.174. The molecular formula is C15H19ClN2O3. The Hall–Kier alpha value is -1.75. The molecule has 2 rings (SSSR count). The Balaban J connectivity index is 2.18. The van der Waals surface area contributed by atoms with Gasteiger partial charge >= 0.3 is 0 Å². The first-order valence-electron chi connectivity index (χ1n) is 7.04. The number of carbonyl (C=O) groups is 2. The van der Waals surface area contributed by atoms with Gasteiger partial charge in [-0.2, -0.15) is 0 Å². The lowest BCUT2D eigenvalue weighted by Crippen LogP contribution is -2.32. The number of rotatable bonds is 5. The van der Waals surface area contributed by atoms with Gasteiger partial charge in [-0.25, -0.2) is 0 Å². The topological polar surface area (TPSA) is 72.6 Å². The summed E-state index contributed by atoms with van der Waals surface area (Å²) in [5.41, 5.74) is 5.73. The second kappa shape index (κ2) is 6.80. The molecule has 1 fully saturated rings. The highest BCUT2D eigenvalue weighted by atomic mass is 35.5. The van der Waals surface area contributed by atoms with Gasteiger partial charge in [-0.1, -0.05) is 18.5 Å². The van der Waals surface area contributed by atoms with E-state index >= 15 is 0 Å². The quantitative estimate of drug-likeness (QED) is 0.905. The van der Waals surface area contributed by atoms with E-state index in [1.54, 1.807) is 23.1 Å². The van der Waals surface area contributed by atoms with Gasteiger partial charge in [0.15, 0.2) is 0 Å². The van der Waals surface area contributed by atoms with Crippen molar-refractivity contribution in [2.24, 2.45) is 11.7 Å². The van der Waals surface area contributed by atoms with Crippen LogP contribution in [0.1, 0.15) is 30.1 Å². The molecule has 1 atom stereocenters. The Morgan fingerprint density at radius 3 is 2.86 bits per heavy atom. The number of benzene rings is 1. The van der Waals surface area contributed by atoms with Crippen molar-refractivity contribution in [3.05, 3.63) is 28.8 Å². The molecule has 1 aliphatic heterocycles. The van der Waals surface area contributed by atoms with Crippen LogP contribution in [0.2, 0.25) is 5.02 Å². The van der Waals surface area contributed by atoms with E-state index in [2.05, 4.69) is 0 Å². The van der Waals surface area contributed by atoms with Crippen LogP contribution in [0.25, 0.3) is 0 Å². The van der Waals surface area contributed by atoms with Gasteiger partial charge in [0.05, 0.1) is 18.1 Å². The van der Waals surface area contributed by atoms with E-state index < -0.39 is 0 Å². The zero-order chi connectivity index (χ0) is 15.4. The Labute approximate surface area is 129 Å². The number of primary amides is 1. The van der Waals surface area contributed by atoms with Crippen LogP contribution in [0.5, 0.6) is 5.75 Å². The van der Waals surface area contributed by atoms with E-state index in [1.807, 2.05) is 6.92 Å². The zero-order valence-corrected chi connectivity index (χ0v) is 12.7. The number of ether oxygens (including phenoxy) is 1. The van der Waals surface area contributed by atoms with Crippen LogP contribution in [0.3, 0.4) is 0 Å². The summed E-state index contributed by atoms with van der Waals surface area (Å²) < 4.78 is 5.60. The van der Waals surface area contributed by atoms with Crippen LogP contribution in [0, 0.1) is 5.92 Å². The van der Waals surface area contributed by atoms with Gasteiger partial charge in [0.25, 0.3) is 5.91 Å². The van der Waals surface area contributed by atoms with Crippen LogP contribution in [-0.4, -0.2) is 36.4 Å². The molecule has 114 valence electrons. The highest BCUT2D eigenvalue weighted by molar-refractivity contribution is 6.31. The van der Waals surface area contributed by atoms with Crippen molar-refractivity contribution >= 4 is 23.4 Å². The van der Waals surface area contributed by atoms with Crippen molar-refractivity contribution in [1.29, 1.82) is 0 Å². The fraction of sp³-hybridized carbons (Fsp3) is 0.467. The summed E-state index contributed by atoms with van der Waals surface area (Å²) in [5, 5.41) is 0.479. The lowest BCUT2D eigenvalue weighted by atomic mass is 10.1. The molecule has 1 aliphatic rings. The number of nitrogens with zero attached hydrogens (tertiary/aromatic N) is 1.